The normalized spacial score (nSPS) is 22.0. The van der Waals surface area contributed by atoms with E-state index in [1.165, 1.54) is 10.8 Å². The highest BCUT2D eigenvalue weighted by Crippen LogP contribution is 2.34. The molecule has 0 bridgehead atoms. The van der Waals surface area contributed by atoms with Crippen LogP contribution in [-0.4, -0.2) is 34.5 Å². The number of nitrogens with one attached hydrogen (secondary N) is 1. The van der Waals surface area contributed by atoms with Gasteiger partial charge in [-0.15, -0.1) is 0 Å². The minimum Gasteiger partial charge on any atom is -0.469 e. The Hall–Kier alpha value is -2.22. The van der Waals surface area contributed by atoms with Crippen LogP contribution in [0.1, 0.15) is 63.0 Å². The summed E-state index contributed by atoms with van der Waals surface area (Å²) in [5.74, 6) is -0.617. The number of ketones is 1. The van der Waals surface area contributed by atoms with Gasteiger partial charge in [0.15, 0.2) is 5.78 Å². The lowest BCUT2D eigenvalue weighted by Crippen LogP contribution is -2.36. The number of aromatic nitrogens is 2. The number of carbonyl (C=O) groups is 2. The third-order valence-electron chi connectivity index (χ3n) is 5.27. The van der Waals surface area contributed by atoms with Crippen LogP contribution in [0.25, 0.3) is 0 Å². The summed E-state index contributed by atoms with van der Waals surface area (Å²) < 4.78 is 11.7. The number of nitrogens with zero attached hydrogens (tertiary/aromatic N) is 1. The maximum absolute atomic E-state index is 12.2. The molecule has 1 aliphatic rings. The topological polar surface area (TPSA) is 107 Å². The highest BCUT2D eigenvalue weighted by Gasteiger charge is 2.33. The van der Waals surface area contributed by atoms with Gasteiger partial charge < -0.3 is 9.47 Å². The van der Waals surface area contributed by atoms with Crippen molar-refractivity contribution in [1.29, 1.82) is 0 Å². The molecule has 1 aromatic heterocycles. The predicted molar refractivity (Wildman–Crippen MR) is 94.0 cm³/mol. The van der Waals surface area contributed by atoms with E-state index < -0.39 is 35.7 Å². The van der Waals surface area contributed by atoms with Gasteiger partial charge in [-0.25, -0.2) is 4.79 Å². The molecule has 8 nitrogen and oxygen atoms in total. The molecule has 3 unspecified atom stereocenters. The van der Waals surface area contributed by atoms with E-state index in [9.17, 15) is 19.2 Å². The van der Waals surface area contributed by atoms with E-state index in [4.69, 9.17) is 4.74 Å². The van der Waals surface area contributed by atoms with E-state index in [1.807, 2.05) is 0 Å². The lowest BCUT2D eigenvalue weighted by molar-refractivity contribution is -0.139. The molecule has 144 valence electrons. The monoisotopic (exact) mass is 366 g/mol. The fourth-order valence-electron chi connectivity index (χ4n) is 3.17. The number of H-pyrrole nitrogens is 1. The van der Waals surface area contributed by atoms with Gasteiger partial charge in [0.1, 0.15) is 12.6 Å². The van der Waals surface area contributed by atoms with Crippen molar-refractivity contribution in [3.05, 3.63) is 32.6 Å². The first-order chi connectivity index (χ1) is 12.3. The molecule has 1 fully saturated rings. The first kappa shape index (κ1) is 20.1. The Labute approximate surface area is 151 Å². The molecule has 0 amide bonds. The number of carbonyl (C=O) groups excluding carboxylic acids is 2. The van der Waals surface area contributed by atoms with Gasteiger partial charge in [0.05, 0.1) is 18.8 Å². The second kappa shape index (κ2) is 8.44. The second-order valence-corrected chi connectivity index (χ2v) is 6.84. The van der Waals surface area contributed by atoms with Crippen LogP contribution in [0.5, 0.6) is 0 Å². The molecule has 0 aromatic carbocycles. The number of aromatic amines is 1. The van der Waals surface area contributed by atoms with Crippen LogP contribution < -0.4 is 11.2 Å². The summed E-state index contributed by atoms with van der Waals surface area (Å²) in [6, 6.07) is 0. The molecule has 1 aliphatic heterocycles. The highest BCUT2D eigenvalue weighted by atomic mass is 16.5. The fourth-order valence-corrected chi connectivity index (χ4v) is 3.17. The number of esters is 1. The molecule has 0 spiro atoms. The van der Waals surface area contributed by atoms with Crippen LogP contribution in [0.3, 0.4) is 0 Å². The van der Waals surface area contributed by atoms with Crippen molar-refractivity contribution in [3.8, 4) is 0 Å². The van der Waals surface area contributed by atoms with Gasteiger partial charge in [0.2, 0.25) is 0 Å². The molecule has 4 atom stereocenters. The SMILES string of the molecule is CCC(C)C(C)C1CC[C@H](n2cc(C(=O)CC(=O)OC)c(=O)[nH]c2=O)O1. The van der Waals surface area contributed by atoms with Gasteiger partial charge in [-0.05, 0) is 24.7 Å². The van der Waals surface area contributed by atoms with Gasteiger partial charge in [-0.1, -0.05) is 27.2 Å². The zero-order valence-electron chi connectivity index (χ0n) is 15.6. The van der Waals surface area contributed by atoms with Gasteiger partial charge in [-0.3, -0.25) is 23.9 Å². The summed E-state index contributed by atoms with van der Waals surface area (Å²) in [4.78, 5) is 49.7. The largest absolute Gasteiger partial charge is 0.469 e. The van der Waals surface area contributed by atoms with E-state index >= 15 is 0 Å². The molecule has 0 aliphatic carbocycles. The molecule has 0 radical (unpaired) electrons. The van der Waals surface area contributed by atoms with Crippen molar-refractivity contribution in [2.24, 2.45) is 11.8 Å². The average Bonchev–Trinajstić information content (AvgIpc) is 3.09. The van der Waals surface area contributed by atoms with Gasteiger partial charge in [0, 0.05) is 6.20 Å². The number of ether oxygens (including phenoxy) is 2. The maximum atomic E-state index is 12.2. The summed E-state index contributed by atoms with van der Waals surface area (Å²) in [5, 5.41) is 0. The van der Waals surface area contributed by atoms with Crippen molar-refractivity contribution in [1.82, 2.24) is 9.55 Å². The maximum Gasteiger partial charge on any atom is 0.330 e. The first-order valence-electron chi connectivity index (χ1n) is 8.89. The van der Waals surface area contributed by atoms with Crippen molar-refractivity contribution in [2.45, 2.75) is 58.8 Å². The average molecular weight is 366 g/mol. The molecule has 1 saturated heterocycles. The number of Topliss-reactive ketones (excluding diaryl/α,β-unsaturated/α-hetero) is 1. The molecule has 26 heavy (non-hydrogen) atoms. The zero-order chi connectivity index (χ0) is 19.4. The van der Waals surface area contributed by atoms with Crippen LogP contribution in [0.15, 0.2) is 15.8 Å². The van der Waals surface area contributed by atoms with E-state index in [2.05, 4.69) is 30.5 Å². The number of hydrogen-bond acceptors (Lipinski definition) is 6. The Morgan fingerprint density at radius 2 is 2.04 bits per heavy atom. The van der Waals surface area contributed by atoms with Crippen molar-refractivity contribution >= 4 is 11.8 Å². The summed E-state index contributed by atoms with van der Waals surface area (Å²) >= 11 is 0. The summed E-state index contributed by atoms with van der Waals surface area (Å²) in [6.45, 7) is 6.42. The number of methoxy groups -OCH3 is 1. The Morgan fingerprint density at radius 3 is 2.65 bits per heavy atom. The third-order valence-corrected chi connectivity index (χ3v) is 5.27. The lowest BCUT2D eigenvalue weighted by atomic mass is 9.88. The Bertz CT molecular complexity index is 781. The van der Waals surface area contributed by atoms with E-state index in [-0.39, 0.29) is 11.7 Å². The molecule has 2 rings (SSSR count). The van der Waals surface area contributed by atoms with Crippen LogP contribution >= 0.6 is 0 Å². The third kappa shape index (κ3) is 4.30. The molecule has 2 heterocycles. The highest BCUT2D eigenvalue weighted by molar-refractivity contribution is 6.05. The van der Waals surface area contributed by atoms with Crippen molar-refractivity contribution in [2.75, 3.05) is 7.11 Å². The van der Waals surface area contributed by atoms with Crippen LogP contribution in [0.2, 0.25) is 0 Å². The van der Waals surface area contributed by atoms with Gasteiger partial charge in [-0.2, -0.15) is 0 Å². The summed E-state index contributed by atoms with van der Waals surface area (Å²) in [6.07, 6.45) is 2.55. The molecule has 8 heteroatoms. The minimum absolute atomic E-state index is 0.0167. The van der Waals surface area contributed by atoms with E-state index in [1.54, 1.807) is 0 Å². The minimum atomic E-state index is -0.817. The molecule has 1 N–H and O–H groups in total. The smallest absolute Gasteiger partial charge is 0.330 e. The van der Waals surface area contributed by atoms with Gasteiger partial charge >= 0.3 is 11.7 Å². The molecular formula is C18H26N2O6. The summed E-state index contributed by atoms with van der Waals surface area (Å²) in [7, 11) is 1.16. The van der Waals surface area contributed by atoms with Crippen molar-refractivity contribution in [3.63, 3.8) is 0 Å². The predicted octanol–water partition coefficient (Wildman–Crippen LogP) is 1.64. The van der Waals surface area contributed by atoms with Gasteiger partial charge in [0.25, 0.3) is 5.56 Å². The standard InChI is InChI=1S/C18H26N2O6/c1-5-10(2)11(3)14-6-7-15(26-14)20-9-12(17(23)19-18(20)24)13(21)8-16(22)25-4/h9-11,14-15H,5-8H2,1-4H3,(H,19,23,24)/t10?,11?,14?,15-/m1/s1. The lowest BCUT2D eigenvalue weighted by Gasteiger charge is -2.25. The fraction of sp³-hybridized carbons (Fsp3) is 0.667. The zero-order valence-corrected chi connectivity index (χ0v) is 15.6. The second-order valence-electron chi connectivity index (χ2n) is 6.84. The molecule has 1 aromatic rings. The van der Waals surface area contributed by atoms with Crippen LogP contribution in [0, 0.1) is 11.8 Å². The Morgan fingerprint density at radius 1 is 1.35 bits per heavy atom. The van der Waals surface area contributed by atoms with Crippen LogP contribution in [0.4, 0.5) is 0 Å². The Kier molecular flexibility index (Phi) is 6.52. The van der Waals surface area contributed by atoms with E-state index in [0.29, 0.717) is 18.3 Å². The number of hydrogen-bond donors (Lipinski definition) is 1. The quantitative estimate of drug-likeness (QED) is 0.446. The van der Waals surface area contributed by atoms with E-state index in [0.717, 1.165) is 20.0 Å². The molecular weight excluding hydrogens is 340 g/mol. The van der Waals surface area contributed by atoms with Crippen molar-refractivity contribution < 1.29 is 19.1 Å². The van der Waals surface area contributed by atoms with Crippen LogP contribution in [-0.2, 0) is 14.3 Å². The molecule has 0 saturated carbocycles. The Balaban J connectivity index is 2.24. The summed E-state index contributed by atoms with van der Waals surface area (Å²) in [5.41, 5.74) is -1.70. The first-order valence-corrected chi connectivity index (χ1v) is 8.89. The number of rotatable bonds is 7.